The Labute approximate surface area is 432 Å². The van der Waals surface area contributed by atoms with Crippen LogP contribution in [0.15, 0.2) is 212 Å². The number of fused-ring (bicyclic) bond motifs is 4. The van der Waals surface area contributed by atoms with Gasteiger partial charge >= 0.3 is 0 Å². The van der Waals surface area contributed by atoms with Crippen LogP contribution in [0.4, 0.5) is 22.7 Å². The summed E-state index contributed by atoms with van der Waals surface area (Å²) in [6.45, 7) is 21.8. The summed E-state index contributed by atoms with van der Waals surface area (Å²) in [7, 11) is 0. The summed E-state index contributed by atoms with van der Waals surface area (Å²) >= 11 is 0. The maximum Gasteiger partial charge on any atom is 0.137 e. The Morgan fingerprint density at radius 2 is 1.00 bits per heavy atom. The molecule has 1 aliphatic rings. The minimum atomic E-state index is -0.376. The molecule has 8 aromatic carbocycles. The van der Waals surface area contributed by atoms with Crippen LogP contribution in [0.1, 0.15) is 90.1 Å². The van der Waals surface area contributed by atoms with E-state index in [0.717, 1.165) is 45.1 Å². The number of ether oxygens (including phenoxy) is 1. The fraction of sp³-hybridized carbons (Fsp3) is 0.221. The second kappa shape index (κ2) is 18.6. The van der Waals surface area contributed by atoms with E-state index in [4.69, 9.17) is 9.72 Å². The zero-order valence-corrected chi connectivity index (χ0v) is 43.8. The first-order chi connectivity index (χ1) is 35.2. The van der Waals surface area contributed by atoms with Crippen molar-refractivity contribution in [1.29, 1.82) is 0 Å². The summed E-state index contributed by atoms with van der Waals surface area (Å²) in [6.07, 6.45) is 1.93. The van der Waals surface area contributed by atoms with Gasteiger partial charge in [-0.3, -0.25) is 4.57 Å². The van der Waals surface area contributed by atoms with Gasteiger partial charge in [-0.15, -0.1) is 0 Å². The molecule has 5 heteroatoms. The van der Waals surface area contributed by atoms with Gasteiger partial charge in [-0.25, -0.2) is 4.98 Å². The number of rotatable bonds is 12. The molecular weight excluding hydrogens is 889 g/mol. The Morgan fingerprint density at radius 1 is 0.452 bits per heavy atom. The summed E-state index contributed by atoms with van der Waals surface area (Å²) in [6, 6.07) is 75.3. The number of nitrogens with zero attached hydrogens (tertiary/aromatic N) is 4. The number of aromatic nitrogens is 2. The summed E-state index contributed by atoms with van der Waals surface area (Å²) in [4.78, 5) is 10.0. The van der Waals surface area contributed by atoms with Crippen LogP contribution in [0.3, 0.4) is 0 Å². The van der Waals surface area contributed by atoms with Crippen molar-refractivity contribution in [3.8, 4) is 28.4 Å². The molecule has 0 bridgehead atoms. The van der Waals surface area contributed by atoms with Crippen molar-refractivity contribution in [3.63, 3.8) is 0 Å². The lowest BCUT2D eigenvalue weighted by Crippen LogP contribution is -2.38. The van der Waals surface area contributed by atoms with Crippen LogP contribution in [0.2, 0.25) is 0 Å². The third-order valence-electron chi connectivity index (χ3n) is 16.3. The van der Waals surface area contributed by atoms with E-state index in [9.17, 15) is 0 Å². The summed E-state index contributed by atoms with van der Waals surface area (Å²) in [5, 5.41) is 2.34. The van der Waals surface area contributed by atoms with E-state index in [0.29, 0.717) is 6.67 Å². The molecule has 364 valence electrons. The Balaban J connectivity index is 1.06. The molecule has 0 saturated carbocycles. The van der Waals surface area contributed by atoms with E-state index in [-0.39, 0.29) is 28.1 Å². The molecule has 5 nitrogen and oxygen atoms in total. The van der Waals surface area contributed by atoms with Crippen LogP contribution in [0.25, 0.3) is 38.8 Å². The third kappa shape index (κ3) is 8.25. The van der Waals surface area contributed by atoms with Gasteiger partial charge in [0.1, 0.15) is 24.0 Å². The maximum atomic E-state index is 6.91. The highest BCUT2D eigenvalue weighted by atomic mass is 16.5. The molecule has 0 aliphatic carbocycles. The maximum absolute atomic E-state index is 6.91. The first-order valence-corrected chi connectivity index (χ1v) is 26.0. The number of pyridine rings is 1. The monoisotopic (exact) mass is 955 g/mol. The van der Waals surface area contributed by atoms with Gasteiger partial charge in [-0.1, -0.05) is 190 Å². The standard InChI is InChI=1S/C68H66N4O/c1-46(2)67(8,50-26-15-11-16-27-50)58-40-49(48-24-13-10-14-25-48)41-59(68(9,47(3)4)51-28-17-12-18-29-51)65(58)71-45-70(61-34-21-22-35-62(61)71)53-30-23-31-54(43-53)73-55-36-37-57-56-32-19-20-33-60(56)72(63(57)44-55)64-42-52(38-39-69-64)66(5,6)7/h10-44,46-47H,45H2,1-9H3. The van der Waals surface area contributed by atoms with E-state index in [1.807, 2.05) is 6.20 Å². The van der Waals surface area contributed by atoms with Crippen molar-refractivity contribution >= 4 is 44.6 Å². The van der Waals surface area contributed by atoms with Crippen LogP contribution >= 0.6 is 0 Å². The van der Waals surface area contributed by atoms with E-state index >= 15 is 0 Å². The van der Waals surface area contributed by atoms with Gasteiger partial charge in [-0.2, -0.15) is 0 Å². The molecule has 1 aliphatic heterocycles. The van der Waals surface area contributed by atoms with E-state index in [1.165, 1.54) is 55.7 Å². The van der Waals surface area contributed by atoms with Crippen LogP contribution in [-0.4, -0.2) is 16.2 Å². The normalized spacial score (nSPS) is 14.5. The van der Waals surface area contributed by atoms with Crippen molar-refractivity contribution in [2.45, 2.75) is 78.6 Å². The molecular formula is C68H66N4O. The van der Waals surface area contributed by atoms with Crippen molar-refractivity contribution < 1.29 is 4.74 Å². The fourth-order valence-corrected chi connectivity index (χ4v) is 11.4. The predicted molar refractivity (Wildman–Crippen MR) is 307 cm³/mol. The number of benzene rings is 8. The molecule has 2 aromatic heterocycles. The molecule has 0 spiro atoms. The average molecular weight is 955 g/mol. The van der Waals surface area contributed by atoms with Gasteiger partial charge in [0.15, 0.2) is 0 Å². The molecule has 0 fully saturated rings. The molecule has 2 atom stereocenters. The van der Waals surface area contributed by atoms with E-state index < -0.39 is 0 Å². The zero-order chi connectivity index (χ0) is 50.6. The largest absolute Gasteiger partial charge is 0.457 e. The van der Waals surface area contributed by atoms with Crippen LogP contribution < -0.4 is 14.5 Å². The molecule has 0 saturated heterocycles. The first-order valence-electron chi connectivity index (χ1n) is 26.0. The number of hydrogen-bond acceptors (Lipinski definition) is 4. The van der Waals surface area contributed by atoms with Gasteiger partial charge in [-0.05, 0) is 123 Å². The molecule has 3 heterocycles. The van der Waals surface area contributed by atoms with Crippen LogP contribution in [0.5, 0.6) is 11.5 Å². The Bertz CT molecular complexity index is 3530. The van der Waals surface area contributed by atoms with Crippen LogP contribution in [0, 0.1) is 11.8 Å². The van der Waals surface area contributed by atoms with E-state index in [2.05, 4.69) is 283 Å². The smallest absolute Gasteiger partial charge is 0.137 e. The predicted octanol–water partition coefficient (Wildman–Crippen LogP) is 18.1. The zero-order valence-electron chi connectivity index (χ0n) is 43.8. The second-order valence-electron chi connectivity index (χ2n) is 22.0. The number of hydrogen-bond donors (Lipinski definition) is 0. The molecule has 11 rings (SSSR count). The molecule has 73 heavy (non-hydrogen) atoms. The van der Waals surface area contributed by atoms with Gasteiger partial charge < -0.3 is 14.5 Å². The van der Waals surface area contributed by atoms with Crippen molar-refractivity contribution in [2.24, 2.45) is 11.8 Å². The molecule has 0 radical (unpaired) electrons. The fourth-order valence-electron chi connectivity index (χ4n) is 11.4. The quantitative estimate of drug-likeness (QED) is 0.122. The minimum absolute atomic E-state index is 0.0200. The second-order valence-corrected chi connectivity index (χ2v) is 22.0. The van der Waals surface area contributed by atoms with E-state index in [1.54, 1.807) is 0 Å². The lowest BCUT2D eigenvalue weighted by molar-refractivity contribution is 0.394. The van der Waals surface area contributed by atoms with Crippen molar-refractivity contribution in [1.82, 2.24) is 9.55 Å². The molecule has 0 N–H and O–H groups in total. The highest BCUT2D eigenvalue weighted by Gasteiger charge is 2.44. The Hall–Kier alpha value is -7.89. The highest BCUT2D eigenvalue weighted by molar-refractivity contribution is 6.09. The summed E-state index contributed by atoms with van der Waals surface area (Å²) in [5.74, 6) is 2.93. The molecule has 2 unspecified atom stereocenters. The molecule has 0 amide bonds. The molecule has 10 aromatic rings. The van der Waals surface area contributed by atoms with Gasteiger partial charge in [0, 0.05) is 45.6 Å². The first kappa shape index (κ1) is 47.4. The highest BCUT2D eigenvalue weighted by Crippen LogP contribution is 2.56. The third-order valence-corrected chi connectivity index (χ3v) is 16.3. The lowest BCUT2D eigenvalue weighted by atomic mass is 9.63. The van der Waals surface area contributed by atoms with Gasteiger partial charge in [0.05, 0.1) is 28.1 Å². The van der Waals surface area contributed by atoms with Gasteiger partial charge in [0.25, 0.3) is 0 Å². The van der Waals surface area contributed by atoms with Gasteiger partial charge in [0.2, 0.25) is 0 Å². The summed E-state index contributed by atoms with van der Waals surface area (Å²) in [5.41, 5.74) is 14.9. The Morgan fingerprint density at radius 3 is 1.62 bits per heavy atom. The Kier molecular flexibility index (Phi) is 12.1. The van der Waals surface area contributed by atoms with Crippen molar-refractivity contribution in [2.75, 3.05) is 16.5 Å². The SMILES string of the molecule is CC(C)C(C)(c1ccccc1)c1cc(-c2ccccc2)cc(C(C)(c2ccccc2)C(C)C)c1N1CN(c2cccc(Oc3ccc4c5ccccc5n(-c5cc(C(C)(C)C)ccn5)c4c3)c2)c2ccccc21. The summed E-state index contributed by atoms with van der Waals surface area (Å²) < 4.78 is 9.19. The van der Waals surface area contributed by atoms with Crippen LogP contribution in [-0.2, 0) is 16.2 Å². The van der Waals surface area contributed by atoms with Crippen molar-refractivity contribution in [3.05, 3.63) is 240 Å². The average Bonchev–Trinajstić information content (AvgIpc) is 3.96. The topological polar surface area (TPSA) is 33.5 Å². The minimum Gasteiger partial charge on any atom is -0.457 e. The lowest BCUT2D eigenvalue weighted by Gasteiger charge is -2.44. The number of para-hydroxylation sites is 3. The number of anilines is 4.